The molecule has 2 aliphatic rings. The van der Waals surface area contributed by atoms with Gasteiger partial charge in [0.1, 0.15) is 5.75 Å². The lowest BCUT2D eigenvalue weighted by molar-refractivity contribution is 0.295. The van der Waals surface area contributed by atoms with Gasteiger partial charge in [0.2, 0.25) is 0 Å². The van der Waals surface area contributed by atoms with Gasteiger partial charge in [0.25, 0.3) is 0 Å². The van der Waals surface area contributed by atoms with Crippen LogP contribution in [0.3, 0.4) is 0 Å². The van der Waals surface area contributed by atoms with Crippen LogP contribution in [0.25, 0.3) is 0 Å². The van der Waals surface area contributed by atoms with Gasteiger partial charge in [-0.15, -0.1) is 0 Å². The molecule has 0 fully saturated rings. The molecule has 1 aromatic rings. The van der Waals surface area contributed by atoms with Crippen molar-refractivity contribution in [1.82, 2.24) is 0 Å². The molecule has 2 atom stereocenters. The van der Waals surface area contributed by atoms with Crippen molar-refractivity contribution in [2.24, 2.45) is 16.3 Å². The van der Waals surface area contributed by atoms with Crippen LogP contribution in [0.1, 0.15) is 118 Å². The van der Waals surface area contributed by atoms with E-state index in [2.05, 4.69) is 109 Å². The van der Waals surface area contributed by atoms with Gasteiger partial charge in [0.05, 0.1) is 0 Å². The Labute approximate surface area is 263 Å². The summed E-state index contributed by atoms with van der Waals surface area (Å²) in [5, 5.41) is 10.7. The highest BCUT2D eigenvalue weighted by Crippen LogP contribution is 2.53. The zero-order valence-electron chi connectivity index (χ0n) is 28.4. The number of nitrogens with zero attached hydrogens (tertiary/aromatic N) is 1. The van der Waals surface area contributed by atoms with Crippen LogP contribution in [0.4, 0.5) is 0 Å². The fourth-order valence-corrected chi connectivity index (χ4v) is 6.99. The minimum absolute atomic E-state index is 0.0358. The van der Waals surface area contributed by atoms with Gasteiger partial charge in [-0.05, 0) is 105 Å². The summed E-state index contributed by atoms with van der Waals surface area (Å²) >= 11 is 0. The summed E-state index contributed by atoms with van der Waals surface area (Å²) in [6.07, 6.45) is 26.7. The molecule has 232 valence electrons. The third kappa shape index (κ3) is 8.28. The average Bonchev–Trinajstić information content (AvgIpc) is 3.58. The molecule has 0 saturated heterocycles. The minimum atomic E-state index is -0.0987. The third-order valence-electron chi connectivity index (χ3n) is 9.56. The van der Waals surface area contributed by atoms with Gasteiger partial charge in [0.15, 0.2) is 0 Å². The fraction of sp³-hybridized carbons (Fsp3) is 0.488. The maximum absolute atomic E-state index is 10.7. The molecular formula is C41H57NO. The van der Waals surface area contributed by atoms with Crippen molar-refractivity contribution in [3.63, 3.8) is 0 Å². The summed E-state index contributed by atoms with van der Waals surface area (Å²) in [6, 6.07) is 5.95. The number of phenols is 1. The highest BCUT2D eigenvalue weighted by atomic mass is 16.3. The van der Waals surface area contributed by atoms with Crippen LogP contribution in [0.15, 0.2) is 106 Å². The molecule has 2 nitrogen and oxygen atoms in total. The Hall–Kier alpha value is -3.13. The maximum Gasteiger partial charge on any atom is 0.128 e. The van der Waals surface area contributed by atoms with Crippen LogP contribution in [-0.2, 0) is 5.41 Å². The van der Waals surface area contributed by atoms with E-state index in [1.165, 1.54) is 16.7 Å². The summed E-state index contributed by atoms with van der Waals surface area (Å²) in [6.45, 7) is 23.1. The second kappa shape index (κ2) is 15.6. The van der Waals surface area contributed by atoms with Gasteiger partial charge in [-0.2, -0.15) is 0 Å². The maximum atomic E-state index is 10.7. The molecule has 2 aliphatic carbocycles. The molecule has 2 heteroatoms. The number of rotatable bonds is 14. The minimum Gasteiger partial charge on any atom is -0.507 e. The van der Waals surface area contributed by atoms with Crippen LogP contribution in [-0.4, -0.2) is 17.9 Å². The summed E-state index contributed by atoms with van der Waals surface area (Å²) in [7, 11) is 0. The third-order valence-corrected chi connectivity index (χ3v) is 9.56. The van der Waals surface area contributed by atoms with E-state index >= 15 is 0 Å². The molecule has 0 aliphatic heterocycles. The molecule has 1 N–H and O–H groups in total. The lowest BCUT2D eigenvalue weighted by Crippen LogP contribution is -2.29. The lowest BCUT2D eigenvalue weighted by Gasteiger charge is -2.39. The number of benzene rings is 1. The first kappa shape index (κ1) is 34.4. The Balaban J connectivity index is 1.65. The van der Waals surface area contributed by atoms with Crippen LogP contribution >= 0.6 is 0 Å². The van der Waals surface area contributed by atoms with Crippen molar-refractivity contribution < 1.29 is 5.11 Å². The summed E-state index contributed by atoms with van der Waals surface area (Å²) in [5.41, 5.74) is 10.5. The molecule has 0 saturated carbocycles. The second-order valence-corrected chi connectivity index (χ2v) is 13.5. The number of aliphatic imine (C=N–C) groups is 1. The van der Waals surface area contributed by atoms with Crippen molar-refractivity contribution >= 4 is 6.21 Å². The molecule has 3 rings (SSSR count). The van der Waals surface area contributed by atoms with Crippen LogP contribution < -0.4 is 0 Å². The topological polar surface area (TPSA) is 32.6 Å². The number of phenolic OH excluding ortho intramolecular Hbond substituents is 1. The first-order valence-electron chi connectivity index (χ1n) is 16.6. The van der Waals surface area contributed by atoms with Crippen molar-refractivity contribution in [2.45, 2.75) is 112 Å². The van der Waals surface area contributed by atoms with Gasteiger partial charge in [-0.1, -0.05) is 114 Å². The van der Waals surface area contributed by atoms with Crippen molar-refractivity contribution in [1.29, 1.82) is 0 Å². The second-order valence-electron chi connectivity index (χ2n) is 13.5. The number of allylic oxidation sites excluding steroid dienone is 13. The van der Waals surface area contributed by atoms with Crippen molar-refractivity contribution in [3.05, 3.63) is 112 Å². The van der Waals surface area contributed by atoms with Gasteiger partial charge in [-0.3, -0.25) is 4.99 Å². The first-order valence-corrected chi connectivity index (χ1v) is 16.6. The molecule has 0 radical (unpaired) electrons. The molecule has 1 aromatic carbocycles. The zero-order chi connectivity index (χ0) is 31.6. The van der Waals surface area contributed by atoms with Gasteiger partial charge < -0.3 is 5.11 Å². The standard InChI is InChI=1S/C41H57NO/c1-10-14-20-33-24-25-36(30(33)5)41(9,37-26-23-32(12-3)35(37)13-4)27-16-18-31(11-2)19-17-28-42-29-34-21-15-22-38(39(34)43)40(6,7)8/h10-11,14-15,20-22,24-26,29,36,43H,5,12-13,16-19,23,27-28H2,1-4,6-9H3/b14-10-,31-11-,33-20-,42-29?. The lowest BCUT2D eigenvalue weighted by atomic mass is 9.64. The SMILES string of the molecule is C=C1/C(=C\C=C/C)C=CC1C(C)(CCC/C(=C/C)CCCN=Cc1cccc(C(C)(C)C)c1O)C1=CCC(CC)=C1CC. The molecule has 0 aromatic heterocycles. The van der Waals surface area contributed by atoms with Crippen molar-refractivity contribution in [2.75, 3.05) is 6.54 Å². The highest BCUT2D eigenvalue weighted by Gasteiger charge is 2.42. The molecule has 0 bridgehead atoms. The molecule has 2 unspecified atom stereocenters. The van der Waals surface area contributed by atoms with Gasteiger partial charge in [-0.25, -0.2) is 0 Å². The number of para-hydroxylation sites is 1. The predicted molar refractivity (Wildman–Crippen MR) is 189 cm³/mol. The Kier molecular flexibility index (Phi) is 12.4. The highest BCUT2D eigenvalue weighted by molar-refractivity contribution is 5.84. The van der Waals surface area contributed by atoms with E-state index in [4.69, 9.17) is 0 Å². The quantitative estimate of drug-likeness (QED) is 0.133. The van der Waals surface area contributed by atoms with E-state index in [9.17, 15) is 5.11 Å². The molecular weight excluding hydrogens is 522 g/mol. The van der Waals surface area contributed by atoms with E-state index in [1.807, 2.05) is 24.4 Å². The number of aromatic hydroxyl groups is 1. The molecule has 43 heavy (non-hydrogen) atoms. The summed E-state index contributed by atoms with van der Waals surface area (Å²) < 4.78 is 0. The van der Waals surface area contributed by atoms with E-state index < -0.39 is 0 Å². The summed E-state index contributed by atoms with van der Waals surface area (Å²) in [5.74, 6) is 0.675. The van der Waals surface area contributed by atoms with Crippen molar-refractivity contribution in [3.8, 4) is 5.75 Å². The monoisotopic (exact) mass is 579 g/mol. The molecule has 0 amide bonds. The van der Waals surface area contributed by atoms with E-state index in [1.54, 1.807) is 16.7 Å². The van der Waals surface area contributed by atoms with E-state index in [0.29, 0.717) is 11.7 Å². The Morgan fingerprint density at radius 1 is 1.07 bits per heavy atom. The normalized spacial score (nSPS) is 20.3. The van der Waals surface area contributed by atoms with Crippen LogP contribution in [0.5, 0.6) is 5.75 Å². The Morgan fingerprint density at radius 3 is 2.47 bits per heavy atom. The smallest absolute Gasteiger partial charge is 0.128 e. The van der Waals surface area contributed by atoms with E-state index in [0.717, 1.165) is 69.0 Å². The number of hydrogen-bond donors (Lipinski definition) is 1. The zero-order valence-corrected chi connectivity index (χ0v) is 28.4. The first-order chi connectivity index (χ1) is 20.5. The van der Waals surface area contributed by atoms with Gasteiger partial charge in [0, 0.05) is 29.7 Å². The largest absolute Gasteiger partial charge is 0.507 e. The van der Waals surface area contributed by atoms with Crippen LogP contribution in [0, 0.1) is 11.3 Å². The number of hydrogen-bond acceptors (Lipinski definition) is 2. The van der Waals surface area contributed by atoms with Crippen LogP contribution in [0.2, 0.25) is 0 Å². The molecule has 0 heterocycles. The average molecular weight is 580 g/mol. The van der Waals surface area contributed by atoms with E-state index in [-0.39, 0.29) is 10.8 Å². The molecule has 0 spiro atoms. The van der Waals surface area contributed by atoms with Gasteiger partial charge >= 0.3 is 0 Å². The Bertz CT molecular complexity index is 1350. The Morgan fingerprint density at radius 2 is 1.81 bits per heavy atom. The summed E-state index contributed by atoms with van der Waals surface area (Å²) in [4.78, 5) is 4.67. The fourth-order valence-electron chi connectivity index (χ4n) is 6.99. The predicted octanol–water partition coefficient (Wildman–Crippen LogP) is 11.7.